The van der Waals surface area contributed by atoms with E-state index < -0.39 is 30.3 Å². The zero-order valence-electron chi connectivity index (χ0n) is 21.9. The second-order valence-corrected chi connectivity index (χ2v) is 9.65. The van der Waals surface area contributed by atoms with E-state index in [0.29, 0.717) is 32.6 Å². The number of alkyl halides is 3. The molecule has 10 nitrogen and oxygen atoms in total. The van der Waals surface area contributed by atoms with E-state index in [9.17, 15) is 27.6 Å². The molecule has 1 unspecified atom stereocenters. The molecular formula is C26H26F3N3O7S. The van der Waals surface area contributed by atoms with Crippen molar-refractivity contribution in [3.63, 3.8) is 0 Å². The third-order valence-corrected chi connectivity index (χ3v) is 6.41. The van der Waals surface area contributed by atoms with E-state index in [1.807, 2.05) is 12.1 Å². The van der Waals surface area contributed by atoms with E-state index in [2.05, 4.69) is 25.1 Å². The van der Waals surface area contributed by atoms with E-state index >= 15 is 0 Å². The van der Waals surface area contributed by atoms with Gasteiger partial charge in [0.2, 0.25) is 0 Å². The molecule has 0 aliphatic rings. The number of amides is 1. The van der Waals surface area contributed by atoms with Gasteiger partial charge in [-0.1, -0.05) is 0 Å². The number of aryl methyl sites for hydroxylation is 1. The van der Waals surface area contributed by atoms with Gasteiger partial charge in [-0.15, -0.1) is 11.3 Å². The lowest BCUT2D eigenvalue weighted by molar-refractivity contribution is -0.290. The third-order valence-electron chi connectivity index (χ3n) is 5.20. The van der Waals surface area contributed by atoms with Crippen LogP contribution in [0, 0.1) is 6.92 Å². The number of halogens is 3. The standard InChI is InChI=1S/C26H26F3N3O7S/c1-14(2)37-20(24(34)38-39-25(35)26(27,28)29)12-16-9-10-30-18(11-16)13-31-22(33)21-15(3)32-23(40-21)17-5-7-19(36-4)8-6-17/h5-11,14,20H,12-13H2,1-4H3,(H,31,33). The van der Waals surface area contributed by atoms with Crippen molar-refractivity contribution in [1.29, 1.82) is 0 Å². The molecule has 1 atom stereocenters. The highest BCUT2D eigenvalue weighted by Crippen LogP contribution is 2.29. The van der Waals surface area contributed by atoms with Crippen molar-refractivity contribution >= 4 is 29.2 Å². The van der Waals surface area contributed by atoms with Crippen molar-refractivity contribution in [2.75, 3.05) is 7.11 Å². The number of nitrogens with zero attached hydrogens (tertiary/aromatic N) is 2. The van der Waals surface area contributed by atoms with Crippen molar-refractivity contribution in [3.8, 4) is 16.3 Å². The molecule has 40 heavy (non-hydrogen) atoms. The van der Waals surface area contributed by atoms with E-state index in [0.717, 1.165) is 5.56 Å². The molecule has 3 rings (SSSR count). The Hall–Kier alpha value is -4.04. The summed E-state index contributed by atoms with van der Waals surface area (Å²) in [5, 5.41) is 3.46. The molecule has 1 N–H and O–H groups in total. The van der Waals surface area contributed by atoms with Crippen molar-refractivity contribution in [2.45, 2.75) is 52.1 Å². The molecule has 0 fully saturated rings. The van der Waals surface area contributed by atoms with Crippen LogP contribution in [0.2, 0.25) is 0 Å². The lowest BCUT2D eigenvalue weighted by Crippen LogP contribution is -2.34. The topological polar surface area (TPSA) is 126 Å². The zero-order valence-corrected chi connectivity index (χ0v) is 22.7. The van der Waals surface area contributed by atoms with Gasteiger partial charge in [-0.25, -0.2) is 24.3 Å². The van der Waals surface area contributed by atoms with Gasteiger partial charge in [-0.05, 0) is 62.7 Å². The number of thiazole rings is 1. The van der Waals surface area contributed by atoms with Crippen LogP contribution < -0.4 is 10.1 Å². The summed E-state index contributed by atoms with van der Waals surface area (Å²) in [4.78, 5) is 52.8. The van der Waals surface area contributed by atoms with Gasteiger partial charge >= 0.3 is 18.1 Å². The van der Waals surface area contributed by atoms with E-state index in [1.54, 1.807) is 52.1 Å². The van der Waals surface area contributed by atoms with Gasteiger partial charge in [0.05, 0.1) is 31.1 Å². The zero-order chi connectivity index (χ0) is 29.4. The lowest BCUT2D eigenvalue weighted by Gasteiger charge is -2.18. The Labute approximate surface area is 231 Å². The summed E-state index contributed by atoms with van der Waals surface area (Å²) < 4.78 is 47.6. The van der Waals surface area contributed by atoms with Crippen LogP contribution in [0.15, 0.2) is 42.6 Å². The Bertz CT molecular complexity index is 1340. The van der Waals surface area contributed by atoms with Crippen LogP contribution in [0.5, 0.6) is 5.75 Å². The number of aromatic nitrogens is 2. The fourth-order valence-corrected chi connectivity index (χ4v) is 4.36. The Kier molecular flexibility index (Phi) is 10.2. The Morgan fingerprint density at radius 3 is 2.40 bits per heavy atom. The number of methoxy groups -OCH3 is 1. The Morgan fingerprint density at radius 2 is 1.77 bits per heavy atom. The van der Waals surface area contributed by atoms with Crippen LogP contribution in [0.3, 0.4) is 0 Å². The molecule has 14 heteroatoms. The molecule has 1 amide bonds. The maximum absolute atomic E-state index is 12.9. The average molecular weight is 582 g/mol. The Balaban J connectivity index is 1.64. The Morgan fingerprint density at radius 1 is 1.07 bits per heavy atom. The highest BCUT2D eigenvalue weighted by atomic mass is 32.1. The molecule has 2 aromatic heterocycles. The van der Waals surface area contributed by atoms with Gasteiger partial charge in [0.1, 0.15) is 15.6 Å². The summed E-state index contributed by atoms with van der Waals surface area (Å²) in [7, 11) is 1.57. The predicted octanol–water partition coefficient (Wildman–Crippen LogP) is 4.35. The highest BCUT2D eigenvalue weighted by Gasteiger charge is 2.43. The largest absolute Gasteiger partial charge is 0.497 e. The third kappa shape index (κ3) is 8.48. The molecule has 0 aliphatic heterocycles. The number of pyridine rings is 1. The van der Waals surface area contributed by atoms with E-state index in [-0.39, 0.29) is 18.9 Å². The van der Waals surface area contributed by atoms with Crippen molar-refractivity contribution in [3.05, 3.63) is 64.4 Å². The minimum Gasteiger partial charge on any atom is -0.497 e. The second-order valence-electron chi connectivity index (χ2n) is 8.65. The molecule has 0 saturated carbocycles. The van der Waals surface area contributed by atoms with Crippen LogP contribution in [0.25, 0.3) is 10.6 Å². The van der Waals surface area contributed by atoms with E-state index in [4.69, 9.17) is 9.47 Å². The summed E-state index contributed by atoms with van der Waals surface area (Å²) in [6, 6.07) is 10.5. The van der Waals surface area contributed by atoms with Crippen LogP contribution in [0.1, 0.15) is 40.5 Å². The molecule has 214 valence electrons. The van der Waals surface area contributed by atoms with Crippen molar-refractivity contribution in [1.82, 2.24) is 15.3 Å². The number of rotatable bonds is 10. The molecule has 0 bridgehead atoms. The molecular weight excluding hydrogens is 555 g/mol. The smallest absolute Gasteiger partial charge is 0.495 e. The van der Waals surface area contributed by atoms with Crippen molar-refractivity contribution < 1.29 is 46.8 Å². The number of hydrogen-bond acceptors (Lipinski definition) is 10. The summed E-state index contributed by atoms with van der Waals surface area (Å²) >= 11 is 1.24. The molecule has 3 aromatic rings. The first kappa shape index (κ1) is 30.5. The first-order chi connectivity index (χ1) is 18.9. The summed E-state index contributed by atoms with van der Waals surface area (Å²) in [5.74, 6) is -3.63. The SMILES string of the molecule is COc1ccc(-c2nc(C)c(C(=O)NCc3cc(CC(OC(C)C)C(=O)OOC(=O)C(F)(F)F)ccn3)s2)cc1. The summed E-state index contributed by atoms with van der Waals surface area (Å²) in [6.45, 7) is 5.00. The highest BCUT2D eigenvalue weighted by molar-refractivity contribution is 7.17. The number of carbonyl (C=O) groups excluding carboxylic acids is 3. The molecule has 0 spiro atoms. The predicted molar refractivity (Wildman–Crippen MR) is 136 cm³/mol. The van der Waals surface area contributed by atoms with Gasteiger partial charge in [0, 0.05) is 18.2 Å². The summed E-state index contributed by atoms with van der Waals surface area (Å²) in [5.41, 5.74) is 2.36. The van der Waals surface area contributed by atoms with Crippen LogP contribution >= 0.6 is 11.3 Å². The number of ether oxygens (including phenoxy) is 2. The quantitative estimate of drug-likeness (QED) is 0.275. The monoisotopic (exact) mass is 581 g/mol. The van der Waals surface area contributed by atoms with Gasteiger partial charge in [0.15, 0.2) is 6.10 Å². The lowest BCUT2D eigenvalue weighted by atomic mass is 10.1. The molecule has 0 aliphatic carbocycles. The van der Waals surface area contributed by atoms with Gasteiger partial charge < -0.3 is 14.8 Å². The first-order valence-corrected chi connectivity index (χ1v) is 12.7. The molecule has 2 heterocycles. The maximum Gasteiger partial charge on any atom is 0.495 e. The average Bonchev–Trinajstić information content (AvgIpc) is 3.30. The fourth-order valence-electron chi connectivity index (χ4n) is 3.38. The number of carbonyl (C=O) groups is 3. The second kappa shape index (κ2) is 13.3. The van der Waals surface area contributed by atoms with Gasteiger partial charge in [-0.2, -0.15) is 13.2 Å². The molecule has 0 saturated heterocycles. The summed E-state index contributed by atoms with van der Waals surface area (Å²) in [6.07, 6.45) is -5.88. The number of hydrogen-bond donors (Lipinski definition) is 1. The van der Waals surface area contributed by atoms with Crippen molar-refractivity contribution in [2.24, 2.45) is 0 Å². The number of benzene rings is 1. The maximum atomic E-state index is 12.9. The van der Waals surface area contributed by atoms with Crippen LogP contribution in [-0.2, 0) is 37.1 Å². The van der Waals surface area contributed by atoms with Gasteiger partial charge in [0.25, 0.3) is 5.91 Å². The van der Waals surface area contributed by atoms with Gasteiger partial charge in [-0.3, -0.25) is 9.78 Å². The minimum atomic E-state index is -5.33. The normalized spacial score (nSPS) is 12.1. The first-order valence-electron chi connectivity index (χ1n) is 11.9. The van der Waals surface area contributed by atoms with E-state index in [1.165, 1.54) is 17.5 Å². The van der Waals surface area contributed by atoms with Crippen LogP contribution in [-0.4, -0.2) is 53.3 Å². The number of nitrogens with one attached hydrogen (secondary N) is 1. The fraction of sp³-hybridized carbons (Fsp3) is 0.346. The molecule has 1 aromatic carbocycles. The minimum absolute atomic E-state index is 0.0469. The molecule has 0 radical (unpaired) electrons. The van der Waals surface area contributed by atoms with Crippen LogP contribution in [0.4, 0.5) is 13.2 Å².